The Labute approximate surface area is 234 Å². The summed E-state index contributed by atoms with van der Waals surface area (Å²) < 4.78 is 43.2. The number of rotatable bonds is 13. The molecule has 4 aromatic rings. The van der Waals surface area contributed by atoms with E-state index in [0.717, 1.165) is 16.8 Å². The summed E-state index contributed by atoms with van der Waals surface area (Å²) in [7, 11) is -4.01. The summed E-state index contributed by atoms with van der Waals surface area (Å²) in [6, 6.07) is 18.0. The quantitative estimate of drug-likeness (QED) is 0.237. The minimum atomic E-state index is -4.01. The van der Waals surface area contributed by atoms with Crippen LogP contribution < -0.4 is 9.47 Å². The summed E-state index contributed by atoms with van der Waals surface area (Å²) in [6.45, 7) is 0.806. The zero-order valence-corrected chi connectivity index (χ0v) is 22.9. The maximum Gasteiger partial charge on any atom is 0.341 e. The minimum absolute atomic E-state index is 0.0125. The van der Waals surface area contributed by atoms with E-state index in [1.165, 1.54) is 40.1 Å². The maximum atomic E-state index is 13.8. The number of carbonyl (C=O) groups is 2. The number of benzene rings is 3. The zero-order chi connectivity index (χ0) is 28.7. The molecule has 11 nitrogen and oxygen atoms in total. The standard InChI is InChI=1S/C27H25N3O8S2/c1-18-12-20(4-11-25(18)38-16-27(33)34)14-30(13-19-2-5-21(6-3-19)24-17-39-29-28-24)40(35,36)23-9-7-22(8-10-23)37-15-26(31)32/h2-12,17H,13-16H2,1H3,(H,31,32)(H,33,34). The van der Waals surface area contributed by atoms with Crippen molar-refractivity contribution in [2.24, 2.45) is 0 Å². The summed E-state index contributed by atoms with van der Waals surface area (Å²) in [4.78, 5) is 21.6. The van der Waals surface area contributed by atoms with Crippen molar-refractivity contribution in [1.29, 1.82) is 0 Å². The first-order valence-electron chi connectivity index (χ1n) is 11.9. The molecular formula is C27H25N3O8S2. The molecule has 0 aliphatic heterocycles. The lowest BCUT2D eigenvalue weighted by Crippen LogP contribution is -2.30. The molecule has 0 bridgehead atoms. The van der Waals surface area contributed by atoms with Crippen molar-refractivity contribution in [2.45, 2.75) is 24.9 Å². The number of sulfonamides is 1. The lowest BCUT2D eigenvalue weighted by Gasteiger charge is -2.23. The van der Waals surface area contributed by atoms with Gasteiger partial charge in [0.05, 0.1) is 4.90 Å². The number of carboxylic acid groups (broad SMARTS) is 2. The third kappa shape index (κ3) is 7.40. The third-order valence-corrected chi connectivity index (χ3v) is 8.05. The summed E-state index contributed by atoms with van der Waals surface area (Å²) in [5.41, 5.74) is 3.67. The van der Waals surface area contributed by atoms with Crippen LogP contribution in [0.25, 0.3) is 11.3 Å². The summed E-state index contributed by atoms with van der Waals surface area (Å²) in [6.07, 6.45) is 0. The van der Waals surface area contributed by atoms with E-state index < -0.39 is 35.2 Å². The second-order valence-corrected chi connectivity index (χ2v) is 11.2. The van der Waals surface area contributed by atoms with E-state index in [1.54, 1.807) is 25.1 Å². The van der Waals surface area contributed by atoms with Gasteiger partial charge in [-0.2, -0.15) is 4.31 Å². The highest BCUT2D eigenvalue weighted by Crippen LogP contribution is 2.27. The van der Waals surface area contributed by atoms with Crippen molar-refractivity contribution in [2.75, 3.05) is 13.2 Å². The predicted molar refractivity (Wildman–Crippen MR) is 146 cm³/mol. The van der Waals surface area contributed by atoms with E-state index in [1.807, 2.05) is 29.6 Å². The van der Waals surface area contributed by atoms with Gasteiger partial charge >= 0.3 is 11.9 Å². The molecule has 0 spiro atoms. The Morgan fingerprint density at radius 2 is 1.50 bits per heavy atom. The van der Waals surface area contributed by atoms with Crippen LogP contribution in [0.2, 0.25) is 0 Å². The molecule has 0 amide bonds. The van der Waals surface area contributed by atoms with Gasteiger partial charge < -0.3 is 19.7 Å². The summed E-state index contributed by atoms with van der Waals surface area (Å²) >= 11 is 1.24. The van der Waals surface area contributed by atoms with Crippen molar-refractivity contribution >= 4 is 33.5 Å². The number of ether oxygens (including phenoxy) is 2. The maximum absolute atomic E-state index is 13.8. The molecule has 0 atom stereocenters. The highest BCUT2D eigenvalue weighted by atomic mass is 32.2. The molecule has 13 heteroatoms. The number of hydrogen-bond acceptors (Lipinski definition) is 9. The second-order valence-electron chi connectivity index (χ2n) is 8.70. The van der Waals surface area contributed by atoms with Crippen LogP contribution in [0.3, 0.4) is 0 Å². The number of aromatic nitrogens is 2. The SMILES string of the molecule is Cc1cc(CN(Cc2ccc(-c3csnn3)cc2)S(=O)(=O)c2ccc(OCC(=O)O)cc2)ccc1OCC(=O)O. The van der Waals surface area contributed by atoms with Crippen molar-refractivity contribution < 1.29 is 37.7 Å². The summed E-state index contributed by atoms with van der Waals surface area (Å²) in [5, 5.41) is 23.6. The fourth-order valence-electron chi connectivity index (χ4n) is 3.82. The average Bonchev–Trinajstić information content (AvgIpc) is 3.47. The van der Waals surface area contributed by atoms with Gasteiger partial charge in [-0.25, -0.2) is 18.0 Å². The normalized spacial score (nSPS) is 11.3. The van der Waals surface area contributed by atoms with E-state index in [4.69, 9.17) is 19.7 Å². The van der Waals surface area contributed by atoms with Crippen LogP contribution >= 0.6 is 11.5 Å². The molecule has 0 radical (unpaired) electrons. The molecular weight excluding hydrogens is 558 g/mol. The Balaban J connectivity index is 1.61. The molecule has 0 unspecified atom stereocenters. The molecule has 0 saturated heterocycles. The van der Waals surface area contributed by atoms with Crippen molar-refractivity contribution in [3.63, 3.8) is 0 Å². The molecule has 3 aromatic carbocycles. The molecule has 4 rings (SSSR count). The first kappa shape index (κ1) is 28.7. The first-order chi connectivity index (χ1) is 19.1. The van der Waals surface area contributed by atoms with Crippen molar-refractivity contribution in [3.8, 4) is 22.8 Å². The van der Waals surface area contributed by atoms with Gasteiger partial charge in [0.2, 0.25) is 10.0 Å². The molecule has 1 heterocycles. The van der Waals surface area contributed by atoms with E-state index in [0.29, 0.717) is 16.9 Å². The van der Waals surface area contributed by atoms with Gasteiger partial charge in [0.15, 0.2) is 13.2 Å². The lowest BCUT2D eigenvalue weighted by atomic mass is 10.1. The van der Waals surface area contributed by atoms with Gasteiger partial charge in [0.25, 0.3) is 0 Å². The van der Waals surface area contributed by atoms with Gasteiger partial charge in [-0.1, -0.05) is 40.9 Å². The Hall–Kier alpha value is -4.33. The fraction of sp³-hybridized carbons (Fsp3) is 0.185. The van der Waals surface area contributed by atoms with Crippen LogP contribution in [-0.2, 0) is 32.7 Å². The first-order valence-corrected chi connectivity index (χ1v) is 14.1. The smallest absolute Gasteiger partial charge is 0.341 e. The molecule has 0 aliphatic carbocycles. The number of hydrogen-bond donors (Lipinski definition) is 2. The van der Waals surface area contributed by atoms with Crippen LogP contribution in [0, 0.1) is 6.92 Å². The van der Waals surface area contributed by atoms with Crippen molar-refractivity contribution in [3.05, 3.63) is 88.8 Å². The average molecular weight is 584 g/mol. The van der Waals surface area contributed by atoms with E-state index >= 15 is 0 Å². The number of carboxylic acids is 2. The van der Waals surface area contributed by atoms with Gasteiger partial charge in [-0.3, -0.25) is 0 Å². The molecule has 0 fully saturated rings. The minimum Gasteiger partial charge on any atom is -0.482 e. The van der Waals surface area contributed by atoms with E-state index in [2.05, 4.69) is 9.59 Å². The molecule has 0 saturated carbocycles. The van der Waals surface area contributed by atoms with E-state index in [-0.39, 0.29) is 23.7 Å². The van der Waals surface area contributed by atoms with Gasteiger partial charge in [-0.15, -0.1) is 5.10 Å². The Kier molecular flexibility index (Phi) is 9.09. The molecule has 0 aliphatic rings. The zero-order valence-electron chi connectivity index (χ0n) is 21.3. The van der Waals surface area contributed by atoms with Crippen LogP contribution in [0.1, 0.15) is 16.7 Å². The number of aryl methyl sites for hydroxylation is 1. The van der Waals surface area contributed by atoms with Gasteiger partial charge in [0.1, 0.15) is 17.2 Å². The molecule has 2 N–H and O–H groups in total. The highest BCUT2D eigenvalue weighted by Gasteiger charge is 2.25. The molecule has 1 aromatic heterocycles. The van der Waals surface area contributed by atoms with Crippen LogP contribution in [0.15, 0.2) is 77.0 Å². The second kappa shape index (κ2) is 12.7. The summed E-state index contributed by atoms with van der Waals surface area (Å²) in [5.74, 6) is -1.62. The van der Waals surface area contributed by atoms with Crippen molar-refractivity contribution in [1.82, 2.24) is 13.9 Å². The monoisotopic (exact) mass is 583 g/mol. The van der Waals surface area contributed by atoms with Crippen LogP contribution in [0.4, 0.5) is 0 Å². The Morgan fingerprint density at radius 3 is 2.10 bits per heavy atom. The van der Waals surface area contributed by atoms with Gasteiger partial charge in [-0.05, 0) is 65.5 Å². The third-order valence-electron chi connectivity index (χ3n) is 5.74. The Bertz CT molecular complexity index is 1570. The molecule has 40 heavy (non-hydrogen) atoms. The van der Waals surface area contributed by atoms with Gasteiger partial charge in [0, 0.05) is 24.0 Å². The van der Waals surface area contributed by atoms with Crippen LogP contribution in [0.5, 0.6) is 11.5 Å². The van der Waals surface area contributed by atoms with Crippen LogP contribution in [-0.4, -0.2) is 57.7 Å². The largest absolute Gasteiger partial charge is 0.482 e. The fourth-order valence-corrected chi connectivity index (χ4v) is 5.70. The van der Waals surface area contributed by atoms with E-state index in [9.17, 15) is 18.0 Å². The number of aliphatic carboxylic acids is 2. The predicted octanol–water partition coefficient (Wildman–Crippen LogP) is 3.83. The highest BCUT2D eigenvalue weighted by molar-refractivity contribution is 7.89. The number of nitrogens with zero attached hydrogens (tertiary/aromatic N) is 3. The molecule has 208 valence electrons. The Morgan fingerprint density at radius 1 is 0.875 bits per heavy atom. The lowest BCUT2D eigenvalue weighted by molar-refractivity contribution is -0.140. The topological polar surface area (TPSA) is 156 Å².